The van der Waals surface area contributed by atoms with Crippen LogP contribution in [-0.2, 0) is 14.3 Å². The van der Waals surface area contributed by atoms with Crippen molar-refractivity contribution in [2.75, 3.05) is 13.2 Å². The van der Waals surface area contributed by atoms with Crippen molar-refractivity contribution >= 4 is 5.97 Å². The molecular formula is C17H28O3. The van der Waals surface area contributed by atoms with Gasteiger partial charge in [-0.3, -0.25) is 4.79 Å². The van der Waals surface area contributed by atoms with E-state index in [9.17, 15) is 4.79 Å². The number of carbonyl (C=O) groups excluding carboxylic acids is 1. The highest BCUT2D eigenvalue weighted by molar-refractivity contribution is 5.65. The minimum atomic E-state index is -0.183. The standard InChI is InChI=1S/C17H28O3/c1-13(2)6-5-7-17-9-8-16(12-20-17,14(3)10-17)11-19-15(4)18/h6,14H,5,7-12H2,1-4H3/t14-,16+,17-/m0/s1. The summed E-state index contributed by atoms with van der Waals surface area (Å²) in [6.45, 7) is 9.34. The topological polar surface area (TPSA) is 35.5 Å². The van der Waals surface area contributed by atoms with E-state index in [-0.39, 0.29) is 17.0 Å². The predicted molar refractivity (Wildman–Crippen MR) is 79.4 cm³/mol. The fourth-order valence-electron chi connectivity index (χ4n) is 3.67. The molecule has 0 aromatic carbocycles. The van der Waals surface area contributed by atoms with E-state index in [1.807, 2.05) is 0 Å². The first-order valence-corrected chi connectivity index (χ1v) is 7.78. The molecule has 0 amide bonds. The third kappa shape index (κ3) is 3.25. The monoisotopic (exact) mass is 280 g/mol. The number of carbonyl (C=O) groups is 1. The SMILES string of the molecule is CC(=O)OC[C@@]12CC[C@@](CCC=C(C)C)(C[C@@H]1C)OC2. The molecule has 2 bridgehead atoms. The molecule has 20 heavy (non-hydrogen) atoms. The van der Waals surface area contributed by atoms with Crippen molar-refractivity contribution in [2.45, 2.75) is 65.4 Å². The van der Waals surface area contributed by atoms with Crippen LogP contribution in [0.2, 0.25) is 0 Å². The van der Waals surface area contributed by atoms with Crippen molar-refractivity contribution in [3.05, 3.63) is 11.6 Å². The number of fused-ring (bicyclic) bond motifs is 3. The van der Waals surface area contributed by atoms with E-state index in [1.165, 1.54) is 12.5 Å². The lowest BCUT2D eigenvalue weighted by atomic mass is 9.59. The zero-order valence-corrected chi connectivity index (χ0v) is 13.3. The van der Waals surface area contributed by atoms with Gasteiger partial charge in [0.25, 0.3) is 0 Å². The van der Waals surface area contributed by atoms with Crippen LogP contribution in [-0.4, -0.2) is 24.8 Å². The normalized spacial score (nSPS) is 35.7. The molecule has 2 heterocycles. The molecule has 0 radical (unpaired) electrons. The van der Waals surface area contributed by atoms with Gasteiger partial charge in [-0.05, 0) is 51.9 Å². The van der Waals surface area contributed by atoms with Gasteiger partial charge in [-0.15, -0.1) is 0 Å². The van der Waals surface area contributed by atoms with Gasteiger partial charge >= 0.3 is 5.97 Å². The van der Waals surface area contributed by atoms with Crippen LogP contribution < -0.4 is 0 Å². The van der Waals surface area contributed by atoms with Gasteiger partial charge in [-0.2, -0.15) is 0 Å². The van der Waals surface area contributed by atoms with Crippen LogP contribution in [0.15, 0.2) is 11.6 Å². The van der Waals surface area contributed by atoms with Crippen molar-refractivity contribution in [2.24, 2.45) is 11.3 Å². The number of hydrogen-bond acceptors (Lipinski definition) is 3. The molecule has 0 aromatic heterocycles. The van der Waals surface area contributed by atoms with Gasteiger partial charge in [0.2, 0.25) is 0 Å². The molecule has 1 aliphatic carbocycles. The van der Waals surface area contributed by atoms with Crippen LogP contribution in [0.1, 0.15) is 59.8 Å². The zero-order chi connectivity index (χ0) is 14.8. The molecule has 3 atom stereocenters. The van der Waals surface area contributed by atoms with Crippen LogP contribution in [0.4, 0.5) is 0 Å². The Bertz CT molecular complexity index is 385. The lowest BCUT2D eigenvalue weighted by molar-refractivity contribution is -0.224. The highest BCUT2D eigenvalue weighted by Crippen LogP contribution is 2.54. The maximum absolute atomic E-state index is 11.1. The van der Waals surface area contributed by atoms with Gasteiger partial charge in [-0.25, -0.2) is 0 Å². The summed E-state index contributed by atoms with van der Waals surface area (Å²) in [5.74, 6) is 0.383. The summed E-state index contributed by atoms with van der Waals surface area (Å²) in [6.07, 6.45) is 7.85. The Morgan fingerprint density at radius 1 is 1.35 bits per heavy atom. The van der Waals surface area contributed by atoms with Crippen molar-refractivity contribution < 1.29 is 14.3 Å². The molecule has 3 aliphatic rings. The summed E-state index contributed by atoms with van der Waals surface area (Å²) in [4.78, 5) is 11.1. The Kier molecular flexibility index (Phi) is 4.58. The molecule has 114 valence electrons. The smallest absolute Gasteiger partial charge is 0.302 e. The number of allylic oxidation sites excluding steroid dienone is 2. The number of esters is 1. The van der Waals surface area contributed by atoms with Gasteiger partial charge in [0.15, 0.2) is 0 Å². The summed E-state index contributed by atoms with van der Waals surface area (Å²) < 4.78 is 11.5. The van der Waals surface area contributed by atoms with Gasteiger partial charge in [0.05, 0.1) is 18.8 Å². The summed E-state index contributed by atoms with van der Waals surface area (Å²) in [5.41, 5.74) is 1.51. The Hall–Kier alpha value is -0.830. The number of rotatable bonds is 5. The molecule has 2 saturated heterocycles. The Morgan fingerprint density at radius 2 is 2.10 bits per heavy atom. The summed E-state index contributed by atoms with van der Waals surface area (Å²) >= 11 is 0. The molecule has 0 unspecified atom stereocenters. The molecule has 3 nitrogen and oxygen atoms in total. The Labute approximate surface area is 122 Å². The molecule has 3 rings (SSSR count). The second-order valence-electron chi connectivity index (χ2n) is 7.04. The third-order valence-corrected chi connectivity index (χ3v) is 5.18. The molecule has 1 saturated carbocycles. The van der Waals surface area contributed by atoms with E-state index >= 15 is 0 Å². The zero-order valence-electron chi connectivity index (χ0n) is 13.3. The van der Waals surface area contributed by atoms with E-state index in [0.717, 1.165) is 38.7 Å². The highest BCUT2D eigenvalue weighted by atomic mass is 16.5. The van der Waals surface area contributed by atoms with E-state index in [0.29, 0.717) is 12.5 Å². The van der Waals surface area contributed by atoms with Crippen molar-refractivity contribution in [1.29, 1.82) is 0 Å². The van der Waals surface area contributed by atoms with E-state index in [1.54, 1.807) is 0 Å². The van der Waals surface area contributed by atoms with Crippen molar-refractivity contribution in [1.82, 2.24) is 0 Å². The Balaban J connectivity index is 1.95. The molecular weight excluding hydrogens is 252 g/mol. The largest absolute Gasteiger partial charge is 0.465 e. The number of hydrogen-bond donors (Lipinski definition) is 0. The minimum absolute atomic E-state index is 0.0595. The third-order valence-electron chi connectivity index (χ3n) is 5.18. The van der Waals surface area contributed by atoms with Crippen molar-refractivity contribution in [3.63, 3.8) is 0 Å². The first-order valence-electron chi connectivity index (χ1n) is 7.78. The van der Waals surface area contributed by atoms with Crippen LogP contribution in [0.3, 0.4) is 0 Å². The molecule has 2 aliphatic heterocycles. The van der Waals surface area contributed by atoms with Gasteiger partial charge in [0.1, 0.15) is 0 Å². The highest BCUT2D eigenvalue weighted by Gasteiger charge is 2.53. The van der Waals surface area contributed by atoms with Gasteiger partial charge in [0, 0.05) is 12.3 Å². The van der Waals surface area contributed by atoms with E-state index < -0.39 is 0 Å². The summed E-state index contributed by atoms with van der Waals surface area (Å²) in [7, 11) is 0. The minimum Gasteiger partial charge on any atom is -0.465 e. The lowest BCUT2D eigenvalue weighted by Gasteiger charge is -2.56. The Morgan fingerprint density at radius 3 is 2.60 bits per heavy atom. The van der Waals surface area contributed by atoms with Crippen LogP contribution >= 0.6 is 0 Å². The maximum Gasteiger partial charge on any atom is 0.302 e. The first-order chi connectivity index (χ1) is 9.38. The maximum atomic E-state index is 11.1. The van der Waals surface area contributed by atoms with Crippen molar-refractivity contribution in [3.8, 4) is 0 Å². The first kappa shape index (κ1) is 15.6. The average molecular weight is 280 g/mol. The molecule has 0 N–H and O–H groups in total. The molecule has 3 heteroatoms. The van der Waals surface area contributed by atoms with E-state index in [4.69, 9.17) is 9.47 Å². The van der Waals surface area contributed by atoms with Gasteiger partial charge < -0.3 is 9.47 Å². The summed E-state index contributed by atoms with van der Waals surface area (Å²) in [6, 6.07) is 0. The lowest BCUT2D eigenvalue weighted by Crippen LogP contribution is -2.57. The molecule has 0 aromatic rings. The van der Waals surface area contributed by atoms with Crippen LogP contribution in [0.25, 0.3) is 0 Å². The van der Waals surface area contributed by atoms with Crippen LogP contribution in [0, 0.1) is 11.3 Å². The molecule has 3 fully saturated rings. The van der Waals surface area contributed by atoms with Crippen LogP contribution in [0.5, 0.6) is 0 Å². The number of ether oxygens (including phenoxy) is 2. The predicted octanol–water partition coefficient (Wildman–Crippen LogP) is 3.87. The second-order valence-corrected chi connectivity index (χ2v) is 7.04. The second kappa shape index (κ2) is 5.88. The fraction of sp³-hybridized carbons (Fsp3) is 0.824. The van der Waals surface area contributed by atoms with E-state index in [2.05, 4.69) is 26.8 Å². The summed E-state index contributed by atoms with van der Waals surface area (Å²) in [5, 5.41) is 0. The quantitative estimate of drug-likeness (QED) is 0.566. The van der Waals surface area contributed by atoms with Gasteiger partial charge in [-0.1, -0.05) is 18.6 Å². The fourth-order valence-corrected chi connectivity index (χ4v) is 3.67. The molecule has 0 spiro atoms. The average Bonchev–Trinajstić information content (AvgIpc) is 2.37.